The zero-order valence-corrected chi connectivity index (χ0v) is 17.9. The summed E-state index contributed by atoms with van der Waals surface area (Å²) < 4.78 is 1.68. The summed E-state index contributed by atoms with van der Waals surface area (Å²) in [6.07, 6.45) is 0. The van der Waals surface area contributed by atoms with Crippen molar-refractivity contribution in [1.29, 1.82) is 0 Å². The van der Waals surface area contributed by atoms with Crippen LogP contribution in [0.4, 0.5) is 0 Å². The molecule has 154 valence electrons. The lowest BCUT2D eigenvalue weighted by Gasteiger charge is -2.04. The summed E-state index contributed by atoms with van der Waals surface area (Å²) in [5.74, 6) is 0.867. The van der Waals surface area contributed by atoms with Crippen LogP contribution in [0.5, 0.6) is 0 Å². The fourth-order valence-electron chi connectivity index (χ4n) is 3.13. The molecule has 0 aliphatic heterocycles. The molecule has 0 saturated heterocycles. The molecule has 0 atom stereocenters. The van der Waals surface area contributed by atoms with Gasteiger partial charge < -0.3 is 5.32 Å². The van der Waals surface area contributed by atoms with Crippen LogP contribution in [0.15, 0.2) is 59.8 Å². The van der Waals surface area contributed by atoms with Crippen molar-refractivity contribution in [2.45, 2.75) is 25.2 Å². The van der Waals surface area contributed by atoms with Crippen LogP contribution in [0.1, 0.15) is 16.8 Å². The van der Waals surface area contributed by atoms with E-state index in [4.69, 9.17) is 10.2 Å². The number of benzene rings is 2. The highest BCUT2D eigenvalue weighted by Crippen LogP contribution is 2.20. The molecule has 4 aromatic rings. The maximum atomic E-state index is 4.79. The Morgan fingerprint density at radius 1 is 1.03 bits per heavy atom. The molecule has 0 aliphatic carbocycles. The molecule has 2 aromatic heterocycles. The molecule has 0 unspecified atom stereocenters. The predicted octanol–water partition coefficient (Wildman–Crippen LogP) is 2.71. The van der Waals surface area contributed by atoms with Crippen LogP contribution < -0.4 is 5.32 Å². The van der Waals surface area contributed by atoms with Crippen LogP contribution in [0, 0.1) is 6.92 Å². The standard InChI is InChI=1S/C21H24N8S/c1-16-7-6-8-17(13-16)15-29-24-19(20(25-29)18-9-4-3-5-10-18)14-22-11-12-30-21-23-26-27-28(21)2/h3-10,13,22H,11-12,14-15H2,1-2H3. The lowest BCUT2D eigenvalue weighted by Crippen LogP contribution is -2.18. The first-order valence-electron chi connectivity index (χ1n) is 9.80. The Hall–Kier alpha value is -3.04. The molecule has 4 rings (SSSR count). The number of hydrogen-bond donors (Lipinski definition) is 1. The number of aryl methyl sites for hydroxylation is 2. The van der Waals surface area contributed by atoms with E-state index in [9.17, 15) is 0 Å². The van der Waals surface area contributed by atoms with Crippen molar-refractivity contribution in [1.82, 2.24) is 40.5 Å². The summed E-state index contributed by atoms with van der Waals surface area (Å²) in [6.45, 7) is 4.21. The van der Waals surface area contributed by atoms with Gasteiger partial charge in [0.25, 0.3) is 0 Å². The minimum Gasteiger partial charge on any atom is -0.310 e. The summed E-state index contributed by atoms with van der Waals surface area (Å²) in [4.78, 5) is 1.79. The van der Waals surface area contributed by atoms with Gasteiger partial charge in [-0.25, -0.2) is 4.68 Å². The highest BCUT2D eigenvalue weighted by atomic mass is 32.2. The number of aromatic nitrogens is 7. The quantitative estimate of drug-likeness (QED) is 0.329. The van der Waals surface area contributed by atoms with E-state index in [1.54, 1.807) is 21.2 Å². The van der Waals surface area contributed by atoms with Crippen LogP contribution >= 0.6 is 11.8 Å². The Morgan fingerprint density at radius 3 is 2.67 bits per heavy atom. The van der Waals surface area contributed by atoms with Crippen molar-refractivity contribution >= 4 is 11.8 Å². The molecule has 30 heavy (non-hydrogen) atoms. The van der Waals surface area contributed by atoms with Gasteiger partial charge in [0.15, 0.2) is 0 Å². The normalized spacial score (nSPS) is 11.1. The lowest BCUT2D eigenvalue weighted by atomic mass is 10.1. The van der Waals surface area contributed by atoms with E-state index in [0.29, 0.717) is 13.1 Å². The molecule has 0 spiro atoms. The first-order valence-corrected chi connectivity index (χ1v) is 10.8. The van der Waals surface area contributed by atoms with Gasteiger partial charge >= 0.3 is 0 Å². The molecule has 0 radical (unpaired) electrons. The Kier molecular flexibility index (Phi) is 6.50. The van der Waals surface area contributed by atoms with Crippen molar-refractivity contribution in [3.05, 3.63) is 71.4 Å². The van der Waals surface area contributed by atoms with E-state index in [-0.39, 0.29) is 0 Å². The van der Waals surface area contributed by atoms with Gasteiger partial charge in [-0.3, -0.25) is 0 Å². The molecule has 2 aromatic carbocycles. The van der Waals surface area contributed by atoms with Crippen LogP contribution in [0.3, 0.4) is 0 Å². The SMILES string of the molecule is Cc1cccc(Cn2nc(CNCCSc3nnnn3C)c(-c3ccccc3)n2)c1. The largest absolute Gasteiger partial charge is 0.310 e. The highest BCUT2D eigenvalue weighted by molar-refractivity contribution is 7.99. The third-order valence-corrected chi connectivity index (χ3v) is 5.57. The topological polar surface area (TPSA) is 86.3 Å². The summed E-state index contributed by atoms with van der Waals surface area (Å²) in [7, 11) is 1.84. The van der Waals surface area contributed by atoms with Gasteiger partial charge in [-0.05, 0) is 22.9 Å². The molecule has 0 bridgehead atoms. The third-order valence-electron chi connectivity index (χ3n) is 4.56. The molecule has 2 heterocycles. The number of thioether (sulfide) groups is 1. The second kappa shape index (κ2) is 9.64. The van der Waals surface area contributed by atoms with Crippen molar-refractivity contribution in [3.63, 3.8) is 0 Å². The Balaban J connectivity index is 1.43. The summed E-state index contributed by atoms with van der Waals surface area (Å²) in [6, 6.07) is 18.6. The van der Waals surface area contributed by atoms with Crippen LogP contribution in [-0.2, 0) is 20.1 Å². The van der Waals surface area contributed by atoms with E-state index in [2.05, 4.69) is 64.2 Å². The molecule has 8 nitrogen and oxygen atoms in total. The molecule has 0 aliphatic rings. The van der Waals surface area contributed by atoms with E-state index in [0.717, 1.165) is 34.4 Å². The molecule has 9 heteroatoms. The van der Waals surface area contributed by atoms with Crippen LogP contribution in [0.25, 0.3) is 11.3 Å². The minimum absolute atomic E-state index is 0.648. The van der Waals surface area contributed by atoms with Crippen molar-refractivity contribution in [2.24, 2.45) is 7.05 Å². The monoisotopic (exact) mass is 420 g/mol. The number of nitrogens with one attached hydrogen (secondary N) is 1. The van der Waals surface area contributed by atoms with Crippen molar-refractivity contribution in [3.8, 4) is 11.3 Å². The number of tetrazole rings is 1. The third kappa shape index (κ3) is 5.11. The average Bonchev–Trinajstić information content (AvgIpc) is 3.34. The Morgan fingerprint density at radius 2 is 1.90 bits per heavy atom. The van der Waals surface area contributed by atoms with E-state index in [1.807, 2.05) is 25.2 Å². The van der Waals surface area contributed by atoms with Gasteiger partial charge in [-0.2, -0.15) is 15.0 Å². The van der Waals surface area contributed by atoms with Crippen molar-refractivity contribution < 1.29 is 0 Å². The second-order valence-electron chi connectivity index (χ2n) is 6.99. The zero-order valence-electron chi connectivity index (χ0n) is 17.1. The summed E-state index contributed by atoms with van der Waals surface area (Å²) >= 11 is 1.62. The molecular weight excluding hydrogens is 396 g/mol. The zero-order chi connectivity index (χ0) is 20.8. The first-order chi connectivity index (χ1) is 14.7. The van der Waals surface area contributed by atoms with Gasteiger partial charge in [0.05, 0.1) is 6.54 Å². The average molecular weight is 421 g/mol. The maximum absolute atomic E-state index is 4.79. The number of nitrogens with zero attached hydrogens (tertiary/aromatic N) is 7. The summed E-state index contributed by atoms with van der Waals surface area (Å²) in [5.41, 5.74) is 5.36. The molecule has 0 fully saturated rings. The Labute approximate surface area is 179 Å². The number of rotatable bonds is 9. The van der Waals surface area contributed by atoms with Crippen LogP contribution in [0.2, 0.25) is 0 Å². The van der Waals surface area contributed by atoms with Gasteiger partial charge in [0.1, 0.15) is 11.4 Å². The van der Waals surface area contributed by atoms with Crippen LogP contribution in [-0.4, -0.2) is 47.5 Å². The first kappa shape index (κ1) is 20.2. The highest BCUT2D eigenvalue weighted by Gasteiger charge is 2.13. The van der Waals surface area contributed by atoms with Gasteiger partial charge in [-0.1, -0.05) is 71.9 Å². The predicted molar refractivity (Wildman–Crippen MR) is 117 cm³/mol. The Bertz CT molecular complexity index is 1090. The van der Waals surface area contributed by atoms with E-state index >= 15 is 0 Å². The van der Waals surface area contributed by atoms with Gasteiger partial charge in [0.2, 0.25) is 5.16 Å². The fourth-order valence-corrected chi connectivity index (χ4v) is 3.88. The minimum atomic E-state index is 0.648. The number of hydrogen-bond acceptors (Lipinski definition) is 7. The van der Waals surface area contributed by atoms with Gasteiger partial charge in [-0.15, -0.1) is 5.10 Å². The molecule has 1 N–H and O–H groups in total. The van der Waals surface area contributed by atoms with E-state index in [1.165, 1.54) is 11.1 Å². The lowest BCUT2D eigenvalue weighted by molar-refractivity contribution is 0.579. The maximum Gasteiger partial charge on any atom is 0.209 e. The fraction of sp³-hybridized carbons (Fsp3) is 0.286. The van der Waals surface area contributed by atoms with Crippen molar-refractivity contribution in [2.75, 3.05) is 12.3 Å². The molecular formula is C21H24N8S. The van der Waals surface area contributed by atoms with Gasteiger partial charge in [0, 0.05) is 31.5 Å². The smallest absolute Gasteiger partial charge is 0.209 e. The summed E-state index contributed by atoms with van der Waals surface area (Å²) in [5, 5.41) is 25.3. The molecule has 0 amide bonds. The van der Waals surface area contributed by atoms with E-state index < -0.39 is 0 Å². The second-order valence-corrected chi connectivity index (χ2v) is 8.05. The molecule has 0 saturated carbocycles.